The number of benzene rings is 5. The lowest BCUT2D eigenvalue weighted by Crippen LogP contribution is -2.56. The van der Waals surface area contributed by atoms with Crippen molar-refractivity contribution < 1.29 is 24.0 Å². The van der Waals surface area contributed by atoms with Crippen LogP contribution in [0.4, 0.5) is 0 Å². The van der Waals surface area contributed by atoms with Gasteiger partial charge in [-0.05, 0) is 53.1 Å². The molecule has 5 aromatic rings. The summed E-state index contributed by atoms with van der Waals surface area (Å²) in [5.74, 6) is -1.77. The topological polar surface area (TPSA) is 133 Å². The molecule has 0 saturated carbocycles. The maximum Gasteiger partial charge on any atom is 0.251 e. The highest BCUT2D eigenvalue weighted by Gasteiger charge is 2.38. The van der Waals surface area contributed by atoms with Gasteiger partial charge in [0, 0.05) is 18.4 Å². The standard InChI is InChI=1S/C46H48N4O5/c1-33(2)30-40(48-43(53)35-20-10-4-11-21-35)45(55)49-41(31-34-18-8-3-9-19-34)44(54)47-39(32-51)28-29-42(52)50-46(36-22-12-5-13-23-36,37-24-14-6-15-25-37)38-26-16-7-17-27-38/h3-27,32-33,39-41H,28-31H2,1-2H3,(H,47,54)(H,48,53)(H,49,55)(H,50,52)/t39-,40-,41-/m0/s1. The number of hydrogen-bond acceptors (Lipinski definition) is 5. The number of amides is 4. The van der Waals surface area contributed by atoms with E-state index in [-0.39, 0.29) is 31.1 Å². The molecule has 0 radical (unpaired) electrons. The van der Waals surface area contributed by atoms with Gasteiger partial charge in [-0.3, -0.25) is 19.2 Å². The van der Waals surface area contributed by atoms with Gasteiger partial charge in [0.1, 0.15) is 23.9 Å². The third kappa shape index (κ3) is 10.9. The van der Waals surface area contributed by atoms with Crippen molar-refractivity contribution in [2.45, 2.75) is 63.2 Å². The Morgan fingerprint density at radius 2 is 1.04 bits per heavy atom. The molecule has 0 aliphatic carbocycles. The molecular formula is C46H48N4O5. The first-order valence-corrected chi connectivity index (χ1v) is 18.6. The molecule has 4 N–H and O–H groups in total. The van der Waals surface area contributed by atoms with Crippen LogP contribution in [0.1, 0.15) is 65.7 Å². The van der Waals surface area contributed by atoms with Gasteiger partial charge in [0.15, 0.2) is 0 Å². The van der Waals surface area contributed by atoms with Crippen LogP contribution in [0.2, 0.25) is 0 Å². The summed E-state index contributed by atoms with van der Waals surface area (Å²) in [4.78, 5) is 67.1. The number of carbonyl (C=O) groups excluding carboxylic acids is 5. The fraction of sp³-hybridized carbons (Fsp3) is 0.239. The quantitative estimate of drug-likeness (QED) is 0.0635. The van der Waals surface area contributed by atoms with E-state index in [1.54, 1.807) is 30.3 Å². The van der Waals surface area contributed by atoms with Crippen LogP contribution in [0.5, 0.6) is 0 Å². The normalized spacial score (nSPS) is 12.8. The van der Waals surface area contributed by atoms with Gasteiger partial charge in [0.2, 0.25) is 17.7 Å². The zero-order valence-electron chi connectivity index (χ0n) is 31.2. The minimum atomic E-state index is -1.07. The summed E-state index contributed by atoms with van der Waals surface area (Å²) in [7, 11) is 0. The van der Waals surface area contributed by atoms with Crippen LogP contribution in [-0.4, -0.2) is 48.0 Å². The predicted octanol–water partition coefficient (Wildman–Crippen LogP) is 6.13. The van der Waals surface area contributed by atoms with Gasteiger partial charge in [0.05, 0.1) is 6.04 Å². The van der Waals surface area contributed by atoms with Gasteiger partial charge in [-0.25, -0.2) is 0 Å². The zero-order chi connectivity index (χ0) is 39.0. The van der Waals surface area contributed by atoms with Crippen molar-refractivity contribution in [1.82, 2.24) is 21.3 Å². The zero-order valence-corrected chi connectivity index (χ0v) is 31.2. The van der Waals surface area contributed by atoms with Gasteiger partial charge in [0.25, 0.3) is 5.91 Å². The van der Waals surface area contributed by atoms with Crippen LogP contribution in [0, 0.1) is 5.92 Å². The summed E-state index contributed by atoms with van der Waals surface area (Å²) >= 11 is 0. The van der Waals surface area contributed by atoms with E-state index in [1.807, 2.05) is 135 Å². The largest absolute Gasteiger partial charge is 0.345 e. The van der Waals surface area contributed by atoms with Crippen molar-refractivity contribution in [2.75, 3.05) is 0 Å². The molecule has 55 heavy (non-hydrogen) atoms. The van der Waals surface area contributed by atoms with E-state index in [0.29, 0.717) is 18.3 Å². The molecule has 0 bridgehead atoms. The summed E-state index contributed by atoms with van der Waals surface area (Å²) in [5.41, 5.74) is 2.74. The molecule has 0 aliphatic rings. The lowest BCUT2D eigenvalue weighted by Gasteiger charge is -2.37. The summed E-state index contributed by atoms with van der Waals surface area (Å²) in [6.45, 7) is 3.88. The minimum absolute atomic E-state index is 0.0185. The molecule has 0 unspecified atom stereocenters. The maximum atomic E-state index is 13.9. The monoisotopic (exact) mass is 736 g/mol. The van der Waals surface area contributed by atoms with E-state index in [9.17, 15) is 24.0 Å². The molecular weight excluding hydrogens is 689 g/mol. The second-order valence-electron chi connectivity index (χ2n) is 14.0. The number of nitrogens with one attached hydrogen (secondary N) is 4. The summed E-state index contributed by atoms with van der Waals surface area (Å²) < 4.78 is 0. The van der Waals surface area contributed by atoms with Crippen LogP contribution in [0.3, 0.4) is 0 Å². The summed E-state index contributed by atoms with van der Waals surface area (Å²) in [5, 5.41) is 11.7. The van der Waals surface area contributed by atoms with Crippen molar-refractivity contribution in [1.29, 1.82) is 0 Å². The average molecular weight is 737 g/mol. The van der Waals surface area contributed by atoms with Gasteiger partial charge >= 0.3 is 0 Å². The predicted molar refractivity (Wildman–Crippen MR) is 214 cm³/mol. The Kier molecular flexibility index (Phi) is 14.2. The first-order chi connectivity index (χ1) is 26.7. The molecule has 282 valence electrons. The third-order valence-corrected chi connectivity index (χ3v) is 9.40. The summed E-state index contributed by atoms with van der Waals surface area (Å²) in [6.07, 6.45) is 1.03. The fourth-order valence-electron chi connectivity index (χ4n) is 6.66. The molecule has 0 heterocycles. The van der Waals surface area contributed by atoms with Crippen molar-refractivity contribution in [3.05, 3.63) is 179 Å². The Morgan fingerprint density at radius 1 is 0.582 bits per heavy atom. The Labute approximate surface area is 323 Å². The Morgan fingerprint density at radius 3 is 1.51 bits per heavy atom. The maximum absolute atomic E-state index is 13.9. The van der Waals surface area contributed by atoms with Gasteiger partial charge < -0.3 is 26.1 Å². The van der Waals surface area contributed by atoms with E-state index >= 15 is 0 Å². The first kappa shape index (κ1) is 39.8. The minimum Gasteiger partial charge on any atom is -0.345 e. The highest BCUT2D eigenvalue weighted by atomic mass is 16.2. The van der Waals surface area contributed by atoms with Crippen LogP contribution >= 0.6 is 0 Å². The van der Waals surface area contributed by atoms with Crippen molar-refractivity contribution in [3.8, 4) is 0 Å². The van der Waals surface area contributed by atoms with Crippen LogP contribution < -0.4 is 21.3 Å². The van der Waals surface area contributed by atoms with Crippen molar-refractivity contribution >= 4 is 29.9 Å². The second-order valence-corrected chi connectivity index (χ2v) is 14.0. The number of rotatable bonds is 18. The smallest absolute Gasteiger partial charge is 0.251 e. The second kappa shape index (κ2) is 19.6. The lowest BCUT2D eigenvalue weighted by atomic mass is 9.77. The Bertz CT molecular complexity index is 1890. The first-order valence-electron chi connectivity index (χ1n) is 18.6. The molecule has 5 rings (SSSR count). The van der Waals surface area contributed by atoms with Crippen LogP contribution in [0.25, 0.3) is 0 Å². The molecule has 0 fully saturated rings. The van der Waals surface area contributed by atoms with E-state index in [4.69, 9.17) is 0 Å². The Balaban J connectivity index is 1.32. The van der Waals surface area contributed by atoms with Crippen LogP contribution in [0.15, 0.2) is 152 Å². The highest BCUT2D eigenvalue weighted by Crippen LogP contribution is 2.37. The molecule has 9 heteroatoms. The number of carbonyl (C=O) groups is 5. The van der Waals surface area contributed by atoms with Gasteiger partial charge in [-0.1, -0.05) is 153 Å². The average Bonchev–Trinajstić information content (AvgIpc) is 3.22. The SMILES string of the molecule is CC(C)C[C@H](NC(=O)c1ccccc1)C(=O)N[C@@H](Cc1ccccc1)C(=O)N[C@H](C=O)CCC(=O)NC(c1ccccc1)(c1ccccc1)c1ccccc1. The molecule has 0 spiro atoms. The van der Waals surface area contributed by atoms with Gasteiger partial charge in [-0.15, -0.1) is 0 Å². The molecule has 0 aromatic heterocycles. The number of hydrogen-bond donors (Lipinski definition) is 4. The van der Waals surface area contributed by atoms with E-state index in [2.05, 4.69) is 21.3 Å². The molecule has 0 aliphatic heterocycles. The highest BCUT2D eigenvalue weighted by molar-refractivity contribution is 5.98. The van der Waals surface area contributed by atoms with E-state index < -0.39 is 41.4 Å². The van der Waals surface area contributed by atoms with Crippen molar-refractivity contribution in [2.24, 2.45) is 5.92 Å². The molecule has 3 atom stereocenters. The van der Waals surface area contributed by atoms with E-state index in [1.165, 1.54) is 0 Å². The Hall–Kier alpha value is -6.35. The molecule has 9 nitrogen and oxygen atoms in total. The van der Waals surface area contributed by atoms with E-state index in [0.717, 1.165) is 22.3 Å². The van der Waals surface area contributed by atoms with Gasteiger partial charge in [-0.2, -0.15) is 0 Å². The van der Waals surface area contributed by atoms with Crippen molar-refractivity contribution in [3.63, 3.8) is 0 Å². The number of aldehydes is 1. The lowest BCUT2D eigenvalue weighted by molar-refractivity contribution is -0.131. The molecule has 0 saturated heterocycles. The summed E-state index contributed by atoms with van der Waals surface area (Å²) in [6, 6.07) is 43.9. The van der Waals surface area contributed by atoms with Crippen LogP contribution in [-0.2, 0) is 31.1 Å². The fourth-order valence-corrected chi connectivity index (χ4v) is 6.66. The molecule has 4 amide bonds. The third-order valence-electron chi connectivity index (χ3n) is 9.40. The molecule has 5 aromatic carbocycles.